The van der Waals surface area contributed by atoms with Gasteiger partial charge in [0, 0.05) is 18.2 Å². The van der Waals surface area contributed by atoms with E-state index in [9.17, 15) is 19.3 Å². The van der Waals surface area contributed by atoms with Gasteiger partial charge in [0.05, 0.1) is 10.5 Å². The minimum absolute atomic E-state index is 0.0155. The van der Waals surface area contributed by atoms with Gasteiger partial charge in [0.15, 0.2) is 0 Å². The Bertz CT molecular complexity index is 673. The van der Waals surface area contributed by atoms with Gasteiger partial charge in [0.2, 0.25) is 11.7 Å². The first kappa shape index (κ1) is 14.2. The van der Waals surface area contributed by atoms with Gasteiger partial charge in [-0.05, 0) is 12.1 Å². The summed E-state index contributed by atoms with van der Waals surface area (Å²) in [4.78, 5) is 24.2. The average Bonchev–Trinajstić information content (AvgIpc) is 2.37. The summed E-state index contributed by atoms with van der Waals surface area (Å²) >= 11 is 0. The molecule has 1 aromatic heterocycles. The highest BCUT2D eigenvalue weighted by atomic mass is 19.1. The minimum atomic E-state index is -1.41. The van der Waals surface area contributed by atoms with Crippen LogP contribution in [0.25, 0.3) is 0 Å². The molecule has 0 amide bonds. The van der Waals surface area contributed by atoms with Crippen LogP contribution in [0.5, 0.6) is 11.6 Å². The van der Waals surface area contributed by atoms with Gasteiger partial charge in [0.25, 0.3) is 0 Å². The van der Waals surface area contributed by atoms with Crippen LogP contribution in [0.1, 0.15) is 10.4 Å². The number of nitro groups is 1. The van der Waals surface area contributed by atoms with E-state index in [0.29, 0.717) is 0 Å². The van der Waals surface area contributed by atoms with E-state index < -0.39 is 22.3 Å². The summed E-state index contributed by atoms with van der Waals surface area (Å²) in [6.07, 6.45) is 0. The predicted octanol–water partition coefficient (Wildman–Crippen LogP) is 2.20. The zero-order valence-corrected chi connectivity index (χ0v) is 10.3. The number of ether oxygens (including phenoxy) is 1. The topological polar surface area (TPSA) is 129 Å². The number of carboxylic acid groups (broad SMARTS) is 1. The number of benzene rings is 1. The maximum atomic E-state index is 13.5. The molecule has 0 saturated carbocycles. The van der Waals surface area contributed by atoms with E-state index in [1.165, 1.54) is 12.1 Å². The molecule has 21 heavy (non-hydrogen) atoms. The second-order valence-electron chi connectivity index (χ2n) is 3.86. The van der Waals surface area contributed by atoms with Crippen LogP contribution in [0, 0.1) is 15.9 Å². The molecule has 0 aliphatic rings. The van der Waals surface area contributed by atoms with Crippen LogP contribution in [0.4, 0.5) is 15.9 Å². The average molecular weight is 293 g/mol. The van der Waals surface area contributed by atoms with E-state index in [2.05, 4.69) is 4.98 Å². The second kappa shape index (κ2) is 5.41. The molecule has 0 unspecified atom stereocenters. The van der Waals surface area contributed by atoms with E-state index in [1.807, 2.05) is 0 Å². The van der Waals surface area contributed by atoms with Gasteiger partial charge in [-0.1, -0.05) is 0 Å². The van der Waals surface area contributed by atoms with E-state index >= 15 is 0 Å². The highest BCUT2D eigenvalue weighted by molar-refractivity contribution is 5.88. The number of carbonyl (C=O) groups is 1. The molecular formula is C12H8FN3O5. The summed E-state index contributed by atoms with van der Waals surface area (Å²) in [6, 6.07) is 5.41. The molecule has 2 rings (SSSR count). The fraction of sp³-hybridized carbons (Fsp3) is 0. The normalized spacial score (nSPS) is 10.1. The monoisotopic (exact) mass is 293 g/mol. The smallest absolute Gasteiger partial charge is 0.338 e. The number of halogens is 1. The highest BCUT2D eigenvalue weighted by Gasteiger charge is 2.15. The lowest BCUT2D eigenvalue weighted by atomic mass is 10.2. The van der Waals surface area contributed by atoms with Gasteiger partial charge < -0.3 is 15.6 Å². The molecule has 1 aromatic carbocycles. The van der Waals surface area contributed by atoms with Crippen molar-refractivity contribution in [2.75, 3.05) is 5.73 Å². The van der Waals surface area contributed by atoms with Gasteiger partial charge in [-0.3, -0.25) is 10.1 Å². The Labute approximate surface area is 116 Å². The van der Waals surface area contributed by atoms with Crippen molar-refractivity contribution < 1.29 is 24.0 Å². The Morgan fingerprint density at radius 2 is 2.10 bits per heavy atom. The van der Waals surface area contributed by atoms with Crippen molar-refractivity contribution in [2.24, 2.45) is 0 Å². The molecular weight excluding hydrogens is 285 g/mol. The lowest BCUT2D eigenvalue weighted by molar-refractivity contribution is -0.384. The maximum absolute atomic E-state index is 13.5. The van der Waals surface area contributed by atoms with Crippen molar-refractivity contribution in [3.05, 3.63) is 51.8 Å². The van der Waals surface area contributed by atoms with Gasteiger partial charge in [-0.2, -0.15) is 4.98 Å². The van der Waals surface area contributed by atoms with Crippen LogP contribution >= 0.6 is 0 Å². The van der Waals surface area contributed by atoms with Gasteiger partial charge in [0.1, 0.15) is 11.6 Å². The largest absolute Gasteiger partial charge is 0.478 e. The Hall–Kier alpha value is -3.23. The fourth-order valence-electron chi connectivity index (χ4n) is 1.51. The first-order chi connectivity index (χ1) is 9.88. The van der Waals surface area contributed by atoms with Crippen LogP contribution in [0.3, 0.4) is 0 Å². The zero-order chi connectivity index (χ0) is 15.6. The molecule has 1 heterocycles. The number of nitrogen functional groups attached to an aromatic ring is 1. The lowest BCUT2D eigenvalue weighted by Gasteiger charge is -2.06. The molecule has 3 N–H and O–H groups in total. The molecule has 0 aliphatic carbocycles. The Morgan fingerprint density at radius 1 is 1.38 bits per heavy atom. The number of anilines is 1. The summed E-state index contributed by atoms with van der Waals surface area (Å²) in [5.41, 5.74) is 4.50. The Kier molecular flexibility index (Phi) is 3.65. The third kappa shape index (κ3) is 3.03. The molecule has 2 aromatic rings. The second-order valence-corrected chi connectivity index (χ2v) is 3.86. The number of carboxylic acids is 1. The van der Waals surface area contributed by atoms with Crippen LogP contribution in [-0.4, -0.2) is 21.0 Å². The number of pyridine rings is 1. The SMILES string of the molecule is Nc1nc(Oc2ccc(C(=O)O)c(F)c2)ccc1[N+](=O)[O-]. The molecule has 0 spiro atoms. The number of rotatable bonds is 4. The Morgan fingerprint density at radius 3 is 2.62 bits per heavy atom. The van der Waals surface area contributed by atoms with Crippen LogP contribution in [0.15, 0.2) is 30.3 Å². The molecule has 0 radical (unpaired) electrons. The molecule has 0 saturated heterocycles. The summed E-state index contributed by atoms with van der Waals surface area (Å²) < 4.78 is 18.6. The quantitative estimate of drug-likeness (QED) is 0.653. The first-order valence-electron chi connectivity index (χ1n) is 5.50. The van der Waals surface area contributed by atoms with Gasteiger partial charge >= 0.3 is 11.7 Å². The maximum Gasteiger partial charge on any atom is 0.338 e. The van der Waals surface area contributed by atoms with Crippen LogP contribution in [0.2, 0.25) is 0 Å². The molecule has 8 nitrogen and oxygen atoms in total. The van der Waals surface area contributed by atoms with E-state index in [0.717, 1.165) is 18.2 Å². The van der Waals surface area contributed by atoms with E-state index in [-0.39, 0.29) is 23.1 Å². The van der Waals surface area contributed by atoms with Crippen molar-refractivity contribution >= 4 is 17.5 Å². The molecule has 0 fully saturated rings. The number of nitrogens with zero attached hydrogens (tertiary/aromatic N) is 2. The minimum Gasteiger partial charge on any atom is -0.478 e. The lowest BCUT2D eigenvalue weighted by Crippen LogP contribution is -2.01. The van der Waals surface area contributed by atoms with Crippen LogP contribution < -0.4 is 10.5 Å². The number of hydrogen-bond donors (Lipinski definition) is 2. The van der Waals surface area contributed by atoms with Gasteiger partial charge in [-0.15, -0.1) is 0 Å². The third-order valence-electron chi connectivity index (χ3n) is 2.47. The first-order valence-corrected chi connectivity index (χ1v) is 5.50. The summed E-state index contributed by atoms with van der Waals surface area (Å²) in [5, 5.41) is 19.3. The molecule has 0 aliphatic heterocycles. The summed E-state index contributed by atoms with van der Waals surface area (Å²) in [5.74, 6) is -2.83. The van der Waals surface area contributed by atoms with Gasteiger partial charge in [-0.25, -0.2) is 9.18 Å². The fourth-order valence-corrected chi connectivity index (χ4v) is 1.51. The predicted molar refractivity (Wildman–Crippen MR) is 68.7 cm³/mol. The molecule has 9 heteroatoms. The highest BCUT2D eigenvalue weighted by Crippen LogP contribution is 2.26. The zero-order valence-electron chi connectivity index (χ0n) is 10.3. The Balaban J connectivity index is 2.26. The number of nitrogens with two attached hydrogens (primary N) is 1. The van der Waals surface area contributed by atoms with Crippen molar-refractivity contribution in [2.45, 2.75) is 0 Å². The van der Waals surface area contributed by atoms with E-state index in [1.54, 1.807) is 0 Å². The van der Waals surface area contributed by atoms with Crippen molar-refractivity contribution in [1.82, 2.24) is 4.98 Å². The van der Waals surface area contributed by atoms with Crippen LogP contribution in [-0.2, 0) is 0 Å². The number of aromatic carboxylic acids is 1. The van der Waals surface area contributed by atoms with Crippen molar-refractivity contribution in [3.8, 4) is 11.6 Å². The number of hydrogen-bond acceptors (Lipinski definition) is 6. The van der Waals surface area contributed by atoms with Crippen molar-refractivity contribution in [1.29, 1.82) is 0 Å². The molecule has 0 bridgehead atoms. The standard InChI is InChI=1S/C12H8FN3O5/c13-8-5-6(1-2-7(8)12(17)18)21-10-4-3-9(16(19)20)11(14)15-10/h1-5H,(H2,14,15)(H,17,18). The summed E-state index contributed by atoms with van der Waals surface area (Å²) in [6.45, 7) is 0. The molecule has 0 atom stereocenters. The number of aromatic nitrogens is 1. The summed E-state index contributed by atoms with van der Waals surface area (Å²) in [7, 11) is 0. The van der Waals surface area contributed by atoms with E-state index in [4.69, 9.17) is 15.6 Å². The van der Waals surface area contributed by atoms with Crippen molar-refractivity contribution in [3.63, 3.8) is 0 Å². The molecule has 108 valence electrons. The third-order valence-corrected chi connectivity index (χ3v) is 2.47.